The molecule has 0 bridgehead atoms. The van der Waals surface area contributed by atoms with Crippen LogP contribution in [0, 0.1) is 0 Å². The molecule has 12 nitrogen and oxygen atoms in total. The molecule has 2 aromatic heterocycles. The molecule has 0 unspecified atom stereocenters. The predicted octanol–water partition coefficient (Wildman–Crippen LogP) is 2.30. The Hall–Kier alpha value is -5.05. The second kappa shape index (κ2) is 12.4. The molecular weight excluding hydrogens is 575 g/mol. The van der Waals surface area contributed by atoms with Crippen LogP contribution in [0.4, 0.5) is 13.2 Å². The molecule has 2 aromatic carbocycles. The fourth-order valence-electron chi connectivity index (χ4n) is 4.44. The molecule has 1 aliphatic rings. The molecule has 1 saturated heterocycles. The number of esters is 2. The van der Waals surface area contributed by atoms with Crippen LogP contribution in [0.2, 0.25) is 0 Å². The minimum absolute atomic E-state index is 0.0166. The molecular formula is C28H24F3N5O7. The maximum Gasteiger partial charge on any atom is 0.338 e. The zero-order chi connectivity index (χ0) is 30.6. The van der Waals surface area contributed by atoms with E-state index in [9.17, 15) is 23.6 Å². The Morgan fingerprint density at radius 3 is 2.28 bits per heavy atom. The summed E-state index contributed by atoms with van der Waals surface area (Å²) in [6, 6.07) is 15.1. The number of aromatic nitrogens is 5. The number of H-pyrrole nitrogens is 1. The number of carbonyl (C=O) groups is 2. The molecule has 0 aliphatic carbocycles. The molecule has 1 aliphatic heterocycles. The van der Waals surface area contributed by atoms with Gasteiger partial charge in [0.25, 0.3) is 5.56 Å². The fourth-order valence-corrected chi connectivity index (χ4v) is 4.44. The average Bonchev–Trinajstić information content (AvgIpc) is 3.55. The Kier molecular flexibility index (Phi) is 8.52. The lowest BCUT2D eigenvalue weighted by Crippen LogP contribution is -2.45. The Bertz CT molecular complexity index is 1710. The minimum Gasteiger partial charge on any atom is -0.459 e. The highest BCUT2D eigenvalue weighted by Gasteiger charge is 2.63. The molecule has 1 fully saturated rings. The van der Waals surface area contributed by atoms with Crippen LogP contribution in [0.3, 0.4) is 0 Å². The highest BCUT2D eigenvalue weighted by Crippen LogP contribution is 2.44. The summed E-state index contributed by atoms with van der Waals surface area (Å²) in [5, 5.41) is 7.53. The molecule has 3 atom stereocenters. The van der Waals surface area contributed by atoms with Gasteiger partial charge in [-0.1, -0.05) is 41.6 Å². The Morgan fingerprint density at radius 1 is 0.977 bits per heavy atom. The first-order chi connectivity index (χ1) is 20.7. The standard InChI is InChI=1S/C28H24F3N5O7/c29-12-11-20-15-35(34-33-20)13-19-14-36(27(40)32-23(19)37)26-28(30,31)22(43-25(39)18-9-5-2-6-10-18)21(42-26)16-41-24(38)17-7-3-1-4-8-17/h1-10,14-15,21-22,26H,11-13,16H2,(H,32,37,40)/t21-,22-,26-/m1/s1. The van der Waals surface area contributed by atoms with E-state index in [-0.39, 0.29) is 29.7 Å². The van der Waals surface area contributed by atoms with Gasteiger partial charge in [-0.25, -0.2) is 19.1 Å². The van der Waals surface area contributed by atoms with E-state index in [1.54, 1.807) is 24.3 Å². The number of alkyl halides is 3. The van der Waals surface area contributed by atoms with Gasteiger partial charge in [-0.3, -0.25) is 18.7 Å². The van der Waals surface area contributed by atoms with Crippen LogP contribution in [0.5, 0.6) is 0 Å². The summed E-state index contributed by atoms with van der Waals surface area (Å²) in [6.45, 7) is -1.73. The SMILES string of the molecule is O=C(OC[C@H]1O[C@@H](n2cc(Cn3cc(CCF)nn3)c(=O)[nH]c2=O)C(F)(F)[C@@H]1OC(=O)c1ccccc1)c1ccccc1. The van der Waals surface area contributed by atoms with Gasteiger partial charge in [0, 0.05) is 18.8 Å². The minimum atomic E-state index is -4.05. The third kappa shape index (κ3) is 6.40. The number of carbonyl (C=O) groups excluding carboxylic acids is 2. The van der Waals surface area contributed by atoms with E-state index < -0.39 is 60.8 Å². The number of aromatic amines is 1. The zero-order valence-corrected chi connectivity index (χ0v) is 22.3. The van der Waals surface area contributed by atoms with Crippen molar-refractivity contribution < 1.29 is 37.0 Å². The van der Waals surface area contributed by atoms with E-state index in [1.165, 1.54) is 47.3 Å². The van der Waals surface area contributed by atoms with E-state index in [1.807, 2.05) is 4.98 Å². The molecule has 0 amide bonds. The lowest BCUT2D eigenvalue weighted by Gasteiger charge is -2.24. The largest absolute Gasteiger partial charge is 0.459 e. The molecule has 0 spiro atoms. The third-order valence-corrected chi connectivity index (χ3v) is 6.54. The van der Waals surface area contributed by atoms with Gasteiger partial charge in [0.2, 0.25) is 6.23 Å². The number of nitrogens with one attached hydrogen (secondary N) is 1. The van der Waals surface area contributed by atoms with E-state index in [0.717, 1.165) is 6.20 Å². The topological polar surface area (TPSA) is 147 Å². The molecule has 43 heavy (non-hydrogen) atoms. The van der Waals surface area contributed by atoms with Gasteiger partial charge in [-0.05, 0) is 24.3 Å². The van der Waals surface area contributed by atoms with Gasteiger partial charge < -0.3 is 14.2 Å². The van der Waals surface area contributed by atoms with Crippen molar-refractivity contribution in [3.05, 3.63) is 116 Å². The number of ether oxygens (including phenoxy) is 3. The fraction of sp³-hybridized carbons (Fsp3) is 0.286. The van der Waals surface area contributed by atoms with Crippen molar-refractivity contribution in [2.24, 2.45) is 0 Å². The molecule has 0 saturated carbocycles. The molecule has 3 heterocycles. The van der Waals surface area contributed by atoms with Crippen LogP contribution >= 0.6 is 0 Å². The van der Waals surface area contributed by atoms with Crippen molar-refractivity contribution >= 4 is 11.9 Å². The molecule has 1 N–H and O–H groups in total. The van der Waals surface area contributed by atoms with Crippen molar-refractivity contribution in [1.29, 1.82) is 0 Å². The first kappa shape index (κ1) is 29.4. The quantitative estimate of drug-likeness (QED) is 0.271. The van der Waals surface area contributed by atoms with Crippen LogP contribution in [0.1, 0.15) is 38.2 Å². The predicted molar refractivity (Wildman–Crippen MR) is 141 cm³/mol. The van der Waals surface area contributed by atoms with Gasteiger partial charge in [0.05, 0.1) is 35.6 Å². The Labute approximate surface area is 240 Å². The van der Waals surface area contributed by atoms with Crippen molar-refractivity contribution in [1.82, 2.24) is 24.5 Å². The molecule has 224 valence electrons. The Balaban J connectivity index is 1.44. The van der Waals surface area contributed by atoms with Crippen molar-refractivity contribution in [2.45, 2.75) is 37.3 Å². The highest BCUT2D eigenvalue weighted by atomic mass is 19.3. The van der Waals surface area contributed by atoms with Crippen molar-refractivity contribution in [3.8, 4) is 0 Å². The van der Waals surface area contributed by atoms with Crippen LogP contribution in [0.15, 0.2) is 82.6 Å². The van der Waals surface area contributed by atoms with Crippen LogP contribution < -0.4 is 11.2 Å². The summed E-state index contributed by atoms with van der Waals surface area (Å²) < 4.78 is 62.2. The first-order valence-corrected chi connectivity index (χ1v) is 13.0. The number of hydrogen-bond donors (Lipinski definition) is 1. The zero-order valence-electron chi connectivity index (χ0n) is 22.3. The van der Waals surface area contributed by atoms with Gasteiger partial charge in [0.1, 0.15) is 12.7 Å². The van der Waals surface area contributed by atoms with Crippen molar-refractivity contribution in [3.63, 3.8) is 0 Å². The average molecular weight is 600 g/mol. The number of aryl methyl sites for hydroxylation is 1. The first-order valence-electron chi connectivity index (χ1n) is 13.0. The van der Waals surface area contributed by atoms with E-state index >= 15 is 8.78 Å². The maximum absolute atomic E-state index is 16.0. The van der Waals surface area contributed by atoms with Gasteiger partial charge in [-0.2, -0.15) is 8.78 Å². The number of rotatable bonds is 10. The monoisotopic (exact) mass is 599 g/mol. The van der Waals surface area contributed by atoms with Crippen LogP contribution in [-0.4, -0.2) is 67.9 Å². The van der Waals surface area contributed by atoms with Crippen molar-refractivity contribution in [2.75, 3.05) is 13.3 Å². The lowest BCUT2D eigenvalue weighted by atomic mass is 10.1. The summed E-state index contributed by atoms with van der Waals surface area (Å²) in [6.07, 6.45) is -4.16. The maximum atomic E-state index is 16.0. The number of halogens is 3. The molecule has 4 aromatic rings. The lowest BCUT2D eigenvalue weighted by molar-refractivity contribution is -0.142. The van der Waals surface area contributed by atoms with Crippen LogP contribution in [0.25, 0.3) is 0 Å². The second-order valence-corrected chi connectivity index (χ2v) is 9.53. The number of benzene rings is 2. The summed E-state index contributed by atoms with van der Waals surface area (Å²) >= 11 is 0. The third-order valence-electron chi connectivity index (χ3n) is 6.54. The number of hydrogen-bond acceptors (Lipinski definition) is 9. The normalized spacial score (nSPS) is 19.2. The number of nitrogens with zero attached hydrogens (tertiary/aromatic N) is 4. The van der Waals surface area contributed by atoms with E-state index in [0.29, 0.717) is 10.3 Å². The highest BCUT2D eigenvalue weighted by molar-refractivity contribution is 5.90. The molecule has 5 rings (SSSR count). The summed E-state index contributed by atoms with van der Waals surface area (Å²) in [7, 11) is 0. The summed E-state index contributed by atoms with van der Waals surface area (Å²) in [5.74, 6) is -5.99. The van der Waals surface area contributed by atoms with E-state index in [4.69, 9.17) is 14.2 Å². The Morgan fingerprint density at radius 2 is 1.63 bits per heavy atom. The van der Waals surface area contributed by atoms with Crippen LogP contribution in [-0.2, 0) is 27.2 Å². The smallest absolute Gasteiger partial charge is 0.338 e. The van der Waals surface area contributed by atoms with Gasteiger partial charge in [-0.15, -0.1) is 5.10 Å². The summed E-state index contributed by atoms with van der Waals surface area (Å²) in [4.78, 5) is 52.5. The van der Waals surface area contributed by atoms with E-state index in [2.05, 4.69) is 10.3 Å². The van der Waals surface area contributed by atoms with Gasteiger partial charge in [0.15, 0.2) is 6.10 Å². The second-order valence-electron chi connectivity index (χ2n) is 9.53. The van der Waals surface area contributed by atoms with Gasteiger partial charge >= 0.3 is 23.6 Å². The summed E-state index contributed by atoms with van der Waals surface area (Å²) in [5.41, 5.74) is -1.87. The molecule has 15 heteroatoms. The molecule has 0 radical (unpaired) electrons.